The summed E-state index contributed by atoms with van der Waals surface area (Å²) >= 11 is 0. The van der Waals surface area contributed by atoms with Gasteiger partial charge in [-0.2, -0.15) is 0 Å². The first kappa shape index (κ1) is 21.7. The van der Waals surface area contributed by atoms with Crippen LogP contribution in [0.3, 0.4) is 0 Å². The molecule has 6 nitrogen and oxygen atoms in total. The van der Waals surface area contributed by atoms with Crippen LogP contribution in [-0.2, 0) is 4.79 Å². The normalized spacial score (nSPS) is 18.4. The third-order valence-corrected chi connectivity index (χ3v) is 4.98. The van der Waals surface area contributed by atoms with Gasteiger partial charge in [0, 0.05) is 25.7 Å². The number of carboxylic acids is 1. The summed E-state index contributed by atoms with van der Waals surface area (Å²) in [5, 5.41) is 11.9. The predicted octanol–water partition coefficient (Wildman–Crippen LogP) is 3.17. The van der Waals surface area contributed by atoms with E-state index in [0.29, 0.717) is 6.54 Å². The molecule has 25 heavy (non-hydrogen) atoms. The molecular weight excluding hydrogens is 318 g/mol. The van der Waals surface area contributed by atoms with Crippen LogP contribution in [-0.4, -0.2) is 66.2 Å². The molecule has 1 saturated heterocycles. The maximum Gasteiger partial charge on any atom is 0.317 e. The molecule has 146 valence electrons. The maximum absolute atomic E-state index is 12.3. The highest BCUT2D eigenvalue weighted by atomic mass is 16.4. The average molecular weight is 356 g/mol. The van der Waals surface area contributed by atoms with Gasteiger partial charge in [-0.25, -0.2) is 4.79 Å². The first-order chi connectivity index (χ1) is 11.9. The molecule has 0 bridgehead atoms. The van der Waals surface area contributed by atoms with Crippen LogP contribution >= 0.6 is 0 Å². The van der Waals surface area contributed by atoms with E-state index in [1.807, 2.05) is 16.8 Å². The number of amides is 2. The first-order valence-electron chi connectivity index (χ1n) is 9.85. The Bertz CT molecular complexity index is 401. The number of carbonyl (C=O) groups excluding carboxylic acids is 1. The van der Waals surface area contributed by atoms with Gasteiger partial charge in [0.2, 0.25) is 0 Å². The number of likely N-dealkylation sites (N-methyl/N-ethyl adjacent to an activating group) is 1. The summed E-state index contributed by atoms with van der Waals surface area (Å²) in [5.41, 5.74) is 0. The van der Waals surface area contributed by atoms with Crippen LogP contribution < -0.4 is 5.32 Å². The van der Waals surface area contributed by atoms with Gasteiger partial charge in [-0.15, -0.1) is 0 Å². The van der Waals surface area contributed by atoms with Crippen molar-refractivity contribution < 1.29 is 14.7 Å². The summed E-state index contributed by atoms with van der Waals surface area (Å²) in [5.74, 6) is -0.0177. The molecular formula is C19H37N3O3. The molecule has 6 heteroatoms. The number of nitrogens with zero attached hydrogens (tertiary/aromatic N) is 2. The number of unbranched alkanes of at least 4 members (excludes halogenated alkanes) is 3. The van der Waals surface area contributed by atoms with Gasteiger partial charge in [0.05, 0.1) is 6.54 Å². The Morgan fingerprint density at radius 2 is 1.88 bits per heavy atom. The fourth-order valence-electron chi connectivity index (χ4n) is 3.40. The number of carboxylic acid groups (broad SMARTS) is 1. The summed E-state index contributed by atoms with van der Waals surface area (Å²) in [6.07, 6.45) is 8.75. The molecule has 1 aliphatic rings. The molecule has 1 heterocycles. The monoisotopic (exact) mass is 355 g/mol. The molecule has 0 aromatic heterocycles. The maximum atomic E-state index is 12.3. The number of hydrogen-bond donors (Lipinski definition) is 2. The van der Waals surface area contributed by atoms with Crippen LogP contribution in [0.15, 0.2) is 0 Å². The summed E-state index contributed by atoms with van der Waals surface area (Å²) in [6.45, 7) is 6.79. The molecule has 0 spiro atoms. The van der Waals surface area contributed by atoms with Crippen molar-refractivity contribution in [2.45, 2.75) is 71.3 Å². The Kier molecular flexibility index (Phi) is 10.5. The highest BCUT2D eigenvalue weighted by molar-refractivity contribution is 5.74. The van der Waals surface area contributed by atoms with Crippen LogP contribution in [0, 0.1) is 5.92 Å². The fraction of sp³-hybridized carbons (Fsp3) is 0.895. The molecule has 0 aromatic carbocycles. The quantitative estimate of drug-likeness (QED) is 0.590. The van der Waals surface area contributed by atoms with Crippen molar-refractivity contribution in [3.63, 3.8) is 0 Å². The highest BCUT2D eigenvalue weighted by Crippen LogP contribution is 2.16. The van der Waals surface area contributed by atoms with E-state index in [0.717, 1.165) is 44.7 Å². The number of carbonyl (C=O) groups is 2. The van der Waals surface area contributed by atoms with E-state index in [4.69, 9.17) is 5.11 Å². The van der Waals surface area contributed by atoms with E-state index in [1.54, 1.807) is 0 Å². The number of likely N-dealkylation sites (tertiary alicyclic amines) is 1. The van der Waals surface area contributed by atoms with Crippen LogP contribution in [0.4, 0.5) is 4.79 Å². The van der Waals surface area contributed by atoms with Crippen molar-refractivity contribution >= 4 is 12.0 Å². The fourth-order valence-corrected chi connectivity index (χ4v) is 3.40. The minimum absolute atomic E-state index is 0.0312. The van der Waals surface area contributed by atoms with E-state index >= 15 is 0 Å². The van der Waals surface area contributed by atoms with E-state index in [9.17, 15) is 9.59 Å². The van der Waals surface area contributed by atoms with Gasteiger partial charge in [-0.05, 0) is 38.6 Å². The lowest BCUT2D eigenvalue weighted by atomic mass is 10.0. The van der Waals surface area contributed by atoms with Crippen molar-refractivity contribution in [2.24, 2.45) is 5.92 Å². The Morgan fingerprint density at radius 1 is 1.16 bits per heavy atom. The largest absolute Gasteiger partial charge is 0.480 e. The minimum atomic E-state index is -0.797. The molecule has 1 rings (SSSR count). The second-order valence-corrected chi connectivity index (χ2v) is 7.71. The number of nitrogens with one attached hydrogen (secondary N) is 1. The lowest BCUT2D eigenvalue weighted by Crippen LogP contribution is -2.41. The van der Waals surface area contributed by atoms with Crippen LogP contribution in [0.25, 0.3) is 0 Å². The van der Waals surface area contributed by atoms with Crippen molar-refractivity contribution in [3.8, 4) is 0 Å². The Labute approximate surface area is 152 Å². The van der Waals surface area contributed by atoms with Gasteiger partial charge in [-0.1, -0.05) is 39.5 Å². The van der Waals surface area contributed by atoms with Crippen molar-refractivity contribution in [2.75, 3.05) is 33.2 Å². The summed E-state index contributed by atoms with van der Waals surface area (Å²) in [4.78, 5) is 26.9. The van der Waals surface area contributed by atoms with Crippen molar-refractivity contribution in [3.05, 3.63) is 0 Å². The van der Waals surface area contributed by atoms with Gasteiger partial charge < -0.3 is 15.3 Å². The molecule has 2 N–H and O–H groups in total. The standard InChI is InChI=1S/C19H37N3O3/c1-16(2)9-6-4-5-7-12-20-19(25)22-13-8-10-17(11-14-22)21(3)15-18(23)24/h16-17H,4-15H2,1-3H3,(H,20,25)(H,23,24). The molecule has 0 saturated carbocycles. The molecule has 0 aromatic rings. The Hall–Kier alpha value is -1.30. The Balaban J connectivity index is 2.18. The lowest BCUT2D eigenvalue weighted by molar-refractivity contribution is -0.138. The van der Waals surface area contributed by atoms with Gasteiger partial charge in [0.25, 0.3) is 0 Å². The number of rotatable bonds is 10. The zero-order chi connectivity index (χ0) is 18.7. The molecule has 1 unspecified atom stereocenters. The van der Waals surface area contributed by atoms with E-state index < -0.39 is 5.97 Å². The summed E-state index contributed by atoms with van der Waals surface area (Å²) in [6, 6.07) is 0.276. The Morgan fingerprint density at radius 3 is 2.56 bits per heavy atom. The van der Waals surface area contributed by atoms with E-state index in [-0.39, 0.29) is 18.6 Å². The average Bonchev–Trinajstić information content (AvgIpc) is 2.79. The SMILES string of the molecule is CC(C)CCCCCCNC(=O)N1CCCC(N(C)CC(=O)O)CC1. The van der Waals surface area contributed by atoms with Gasteiger partial charge in [0.15, 0.2) is 0 Å². The second-order valence-electron chi connectivity index (χ2n) is 7.71. The molecule has 1 fully saturated rings. The minimum Gasteiger partial charge on any atom is -0.480 e. The first-order valence-corrected chi connectivity index (χ1v) is 9.85. The van der Waals surface area contributed by atoms with Crippen molar-refractivity contribution in [1.82, 2.24) is 15.1 Å². The van der Waals surface area contributed by atoms with Gasteiger partial charge in [0.1, 0.15) is 0 Å². The van der Waals surface area contributed by atoms with Gasteiger partial charge in [-0.3, -0.25) is 9.69 Å². The predicted molar refractivity (Wildman–Crippen MR) is 101 cm³/mol. The zero-order valence-corrected chi connectivity index (χ0v) is 16.3. The number of hydrogen-bond acceptors (Lipinski definition) is 3. The smallest absolute Gasteiger partial charge is 0.317 e. The third kappa shape index (κ3) is 9.68. The van der Waals surface area contributed by atoms with Gasteiger partial charge >= 0.3 is 12.0 Å². The van der Waals surface area contributed by atoms with E-state index in [1.165, 1.54) is 25.7 Å². The highest BCUT2D eigenvalue weighted by Gasteiger charge is 2.23. The molecule has 1 atom stereocenters. The molecule has 2 amide bonds. The summed E-state index contributed by atoms with van der Waals surface area (Å²) < 4.78 is 0. The third-order valence-electron chi connectivity index (χ3n) is 4.98. The van der Waals surface area contributed by atoms with Crippen LogP contribution in [0.1, 0.15) is 65.2 Å². The topological polar surface area (TPSA) is 72.9 Å². The molecule has 0 radical (unpaired) electrons. The van der Waals surface area contributed by atoms with Crippen LogP contribution in [0.5, 0.6) is 0 Å². The molecule has 1 aliphatic heterocycles. The number of aliphatic carboxylic acids is 1. The van der Waals surface area contributed by atoms with Crippen molar-refractivity contribution in [1.29, 1.82) is 0 Å². The summed E-state index contributed by atoms with van der Waals surface area (Å²) in [7, 11) is 1.85. The van der Waals surface area contributed by atoms with E-state index in [2.05, 4.69) is 19.2 Å². The second kappa shape index (κ2) is 12.1. The number of urea groups is 1. The zero-order valence-electron chi connectivity index (χ0n) is 16.3. The van der Waals surface area contributed by atoms with Crippen LogP contribution in [0.2, 0.25) is 0 Å². The molecule has 0 aliphatic carbocycles. The lowest BCUT2D eigenvalue weighted by Gasteiger charge is -2.25.